The number of esters is 2. The average Bonchev–Trinajstić information content (AvgIpc) is 0.795. The topological polar surface area (TPSA) is 230 Å². The van der Waals surface area contributed by atoms with Crippen LogP contribution in [0.15, 0.2) is 371 Å². The predicted octanol–water partition coefficient (Wildman–Crippen LogP) is 23.9. The number of aliphatic hydroxyl groups is 1. The van der Waals surface area contributed by atoms with Crippen LogP contribution >= 0.6 is 0 Å². The summed E-state index contributed by atoms with van der Waals surface area (Å²) in [4.78, 5) is 144. The third-order valence-corrected chi connectivity index (χ3v) is 28.1. The van der Waals surface area contributed by atoms with Gasteiger partial charge in [-0.1, -0.05) is 221 Å². The minimum Gasteiger partial charge on any atom is -0.421 e. The first-order valence-corrected chi connectivity index (χ1v) is 45.0. The third kappa shape index (κ3) is 11.3. The molecule has 17 aromatic carbocycles. The van der Waals surface area contributed by atoms with Gasteiger partial charge in [0.15, 0.2) is 17.7 Å². The Balaban J connectivity index is 0.569. The fourth-order valence-electron chi connectivity index (χ4n) is 21.9. The van der Waals surface area contributed by atoms with Crippen LogP contribution in [0, 0.1) is 0 Å². The first-order chi connectivity index (χ1) is 67.3. The van der Waals surface area contributed by atoms with Gasteiger partial charge in [-0.15, -0.1) is 0 Å². The van der Waals surface area contributed by atoms with Crippen molar-refractivity contribution in [1.29, 1.82) is 0 Å². The number of para-hydroxylation sites is 10. The zero-order chi connectivity index (χ0) is 93.4. The second-order valence-electron chi connectivity index (χ2n) is 35.6. The smallest absolute Gasteiger partial charge is 0.335 e. The SMILES string of the molecule is C=CC(=O)Oc1ccc(C(C)(C)c2ccc(OC(=O)C=C)c(N3C(=O)c4cc5c(cc4C3O)C(=O)N(c3c(-n4c6ccccc6c6ccccc64)cc(-n4c6ccccc6c6ccccc64)cc3-n3c4ccccc4c4ccccc43)C5=O)c2)cc1N1C(=O)c2ccc3c4c(ccc(c24)C1=O)C(=O)N(c1cc(-n2c4ccccc4c4ccccc42)cc(-n2c4ccccc4c4ccccc42)c1)C3=O. The van der Waals surface area contributed by atoms with E-state index in [0.29, 0.717) is 39.6 Å². The number of nitrogens with zero attached hydrogens (tertiary/aromatic N) is 9. The molecule has 22 aromatic rings. The molecule has 0 spiro atoms. The van der Waals surface area contributed by atoms with Gasteiger partial charge in [0.1, 0.15) is 5.69 Å². The molecule has 0 saturated heterocycles. The minimum atomic E-state index is -1.91. The molecule has 9 heterocycles. The first-order valence-electron chi connectivity index (χ1n) is 45.0. The van der Waals surface area contributed by atoms with Gasteiger partial charge in [0.25, 0.3) is 41.4 Å². The number of hydrogen-bond donors (Lipinski definition) is 1. The molecule has 656 valence electrons. The summed E-state index contributed by atoms with van der Waals surface area (Å²) in [6, 6.07) is 108. The number of benzene rings is 17. The van der Waals surface area contributed by atoms with Crippen LogP contribution in [0.5, 0.6) is 11.5 Å². The molecular weight excluding hydrogens is 1720 g/mol. The Kier molecular flexibility index (Phi) is 17.2. The number of fused-ring (bicyclic) bond motifs is 17. The average molecular weight is 1790 g/mol. The summed E-state index contributed by atoms with van der Waals surface area (Å²) in [7, 11) is 0. The number of carbonyl (C=O) groups is 9. The van der Waals surface area contributed by atoms with Crippen LogP contribution < -0.4 is 29.1 Å². The number of imide groups is 3. The van der Waals surface area contributed by atoms with Gasteiger partial charge < -0.3 is 37.4 Å². The molecule has 1 unspecified atom stereocenters. The van der Waals surface area contributed by atoms with Gasteiger partial charge in [0.2, 0.25) is 0 Å². The zero-order valence-electron chi connectivity index (χ0n) is 73.5. The third-order valence-electron chi connectivity index (χ3n) is 28.1. The Bertz CT molecular complexity index is 8880. The Morgan fingerprint density at radius 3 is 0.906 bits per heavy atom. The molecule has 138 heavy (non-hydrogen) atoms. The fourth-order valence-corrected chi connectivity index (χ4v) is 21.9. The molecule has 0 fully saturated rings. The highest BCUT2D eigenvalue weighted by Crippen LogP contribution is 2.53. The van der Waals surface area contributed by atoms with Crippen LogP contribution in [0.4, 0.5) is 22.7 Å². The number of carbonyl (C=O) groups excluding carboxylic acids is 9. The monoisotopic (exact) mass is 1790 g/mol. The van der Waals surface area contributed by atoms with E-state index in [1.807, 2.05) is 194 Å². The Hall–Kier alpha value is -18.7. The van der Waals surface area contributed by atoms with Crippen molar-refractivity contribution < 1.29 is 57.7 Å². The number of amides is 7. The van der Waals surface area contributed by atoms with Gasteiger partial charge in [0.05, 0.1) is 112 Å². The van der Waals surface area contributed by atoms with Crippen LogP contribution in [0.2, 0.25) is 0 Å². The second-order valence-corrected chi connectivity index (χ2v) is 35.6. The molecule has 1 atom stereocenters. The summed E-state index contributed by atoms with van der Waals surface area (Å²) in [5, 5.41) is 23.0. The molecule has 1 N–H and O–H groups in total. The van der Waals surface area contributed by atoms with Gasteiger partial charge in [-0.25, -0.2) is 24.3 Å². The zero-order valence-corrected chi connectivity index (χ0v) is 73.5. The first kappa shape index (κ1) is 80.2. The summed E-state index contributed by atoms with van der Waals surface area (Å²) in [5.74, 6) is -7.85. The number of ether oxygens (including phenoxy) is 2. The number of aliphatic hydroxyl groups excluding tert-OH is 1. The highest BCUT2D eigenvalue weighted by atomic mass is 16.5. The summed E-state index contributed by atoms with van der Waals surface area (Å²) < 4.78 is 22.5. The molecule has 0 aliphatic carbocycles. The maximum atomic E-state index is 16.6. The molecule has 4 aliphatic rings. The highest BCUT2D eigenvalue weighted by Gasteiger charge is 2.48. The van der Waals surface area contributed by atoms with Gasteiger partial charge in [-0.3, -0.25) is 38.5 Å². The van der Waals surface area contributed by atoms with Gasteiger partial charge in [-0.05, 0) is 163 Å². The van der Waals surface area contributed by atoms with Crippen LogP contribution in [-0.2, 0) is 15.0 Å². The van der Waals surface area contributed by atoms with E-state index in [0.717, 1.165) is 136 Å². The number of aromatic nitrogens is 5. The molecule has 26 rings (SSSR count). The Morgan fingerprint density at radius 2 is 0.565 bits per heavy atom. The van der Waals surface area contributed by atoms with Crippen molar-refractivity contribution in [1.82, 2.24) is 22.8 Å². The van der Waals surface area contributed by atoms with Gasteiger partial charge in [0, 0.05) is 116 Å². The van der Waals surface area contributed by atoms with Crippen LogP contribution in [0.25, 0.3) is 148 Å². The summed E-state index contributed by atoms with van der Waals surface area (Å²) in [6.07, 6.45) is -0.0476. The lowest BCUT2D eigenvalue weighted by molar-refractivity contribution is -0.129. The molecular formula is C117H71N9O12. The standard InChI is InChI=1S/C117H71N9O12/c1-5-104(127)137-102-53-47-64(55-98(102)124-111(131)82-51-49-80-106-81(50-52-83(107(82)106)112(124)132)110(130)121(109(80)129)68-58-66(118-88-37-17-7-27-70(88)71-28-8-18-38-89(71)118)57-67(59-68)119-90-39-19-9-29-72(90)73-30-10-20-40-91(73)119)117(3,4)65-48-54-103(138-105(128)6-2)99(56-65)125-113(133)84-62-86-87(63-85(84)114(125)134)116(136)126(115(86)135)108-100(122-94-43-23-13-33-76(94)77-34-14-24-44-95(77)122)60-69(120-92-41-21-11-31-74(92)75-32-12-22-42-93(75)120)61-101(108)123-96-45-25-15-35-78(96)79-36-16-26-46-97(79)123/h5-63,113,133H,1-2H2,3-4H3. The van der Waals surface area contributed by atoms with Crippen LogP contribution in [-0.4, -0.2) is 81.2 Å². The molecule has 5 aromatic heterocycles. The quantitative estimate of drug-likeness (QED) is 0.0437. The number of anilines is 4. The minimum absolute atomic E-state index is 0.0466. The van der Waals surface area contributed by atoms with Gasteiger partial charge >= 0.3 is 11.9 Å². The van der Waals surface area contributed by atoms with E-state index in [-0.39, 0.29) is 89.5 Å². The summed E-state index contributed by atoms with van der Waals surface area (Å²) in [5.41, 5.74) is 10.7. The maximum absolute atomic E-state index is 16.6. The van der Waals surface area contributed by atoms with E-state index in [1.165, 1.54) is 65.6 Å². The second kappa shape index (κ2) is 29.6. The number of hydrogen-bond acceptors (Lipinski definition) is 12. The molecule has 21 heteroatoms. The summed E-state index contributed by atoms with van der Waals surface area (Å²) >= 11 is 0. The van der Waals surface area contributed by atoms with Crippen molar-refractivity contribution in [3.8, 4) is 39.9 Å². The van der Waals surface area contributed by atoms with Crippen molar-refractivity contribution in [2.75, 3.05) is 19.6 Å². The largest absolute Gasteiger partial charge is 0.421 e. The van der Waals surface area contributed by atoms with Crippen LogP contribution in [0.3, 0.4) is 0 Å². The molecule has 0 bridgehead atoms. The highest BCUT2D eigenvalue weighted by molar-refractivity contribution is 6.43. The lowest BCUT2D eigenvalue weighted by Gasteiger charge is -2.33. The molecule has 21 nitrogen and oxygen atoms in total. The van der Waals surface area contributed by atoms with Crippen molar-refractivity contribution in [3.63, 3.8) is 0 Å². The number of rotatable bonds is 15. The van der Waals surface area contributed by atoms with E-state index >= 15 is 33.6 Å². The van der Waals surface area contributed by atoms with Crippen molar-refractivity contribution in [2.45, 2.75) is 25.5 Å². The van der Waals surface area contributed by atoms with E-state index in [9.17, 15) is 14.7 Å². The van der Waals surface area contributed by atoms with E-state index in [4.69, 9.17) is 9.47 Å². The van der Waals surface area contributed by atoms with Crippen molar-refractivity contribution in [2.24, 2.45) is 0 Å². The van der Waals surface area contributed by atoms with Crippen LogP contribution in [0.1, 0.15) is 109 Å². The molecule has 4 aliphatic heterocycles. The molecule has 0 radical (unpaired) electrons. The summed E-state index contributed by atoms with van der Waals surface area (Å²) in [6.45, 7) is 10.9. The lowest BCUT2D eigenvalue weighted by Crippen LogP contribution is -2.43. The molecule has 0 saturated carbocycles. The Labute approximate surface area is 783 Å². The van der Waals surface area contributed by atoms with E-state index < -0.39 is 64.9 Å². The van der Waals surface area contributed by atoms with Gasteiger partial charge in [-0.2, -0.15) is 0 Å². The molecule has 7 amide bonds. The van der Waals surface area contributed by atoms with E-state index in [1.54, 1.807) is 26.0 Å². The van der Waals surface area contributed by atoms with Crippen molar-refractivity contribution in [3.05, 3.63) is 427 Å². The lowest BCUT2D eigenvalue weighted by atomic mass is 9.77. The fraction of sp³-hybridized carbons (Fsp3) is 0.0342. The normalized spacial score (nSPS) is 14.3. The van der Waals surface area contributed by atoms with E-state index in [2.05, 4.69) is 115 Å². The maximum Gasteiger partial charge on any atom is 0.335 e. The predicted molar refractivity (Wildman–Crippen MR) is 537 cm³/mol. The Morgan fingerprint density at radius 1 is 0.283 bits per heavy atom. The van der Waals surface area contributed by atoms with Crippen molar-refractivity contribution >= 4 is 196 Å².